The molecular weight excluding hydrogens is 290 g/mol. The van der Waals surface area contributed by atoms with Crippen molar-refractivity contribution in [3.63, 3.8) is 0 Å². The predicted octanol–water partition coefficient (Wildman–Crippen LogP) is 2.14. The summed E-state index contributed by atoms with van der Waals surface area (Å²) >= 11 is 5.91. The Bertz CT molecular complexity index is 462. The van der Waals surface area contributed by atoms with Crippen LogP contribution in [0.3, 0.4) is 0 Å². The third kappa shape index (κ3) is 5.26. The number of nitrogens with two attached hydrogens (primary N) is 1. The number of nitrogens with zero attached hydrogens (tertiary/aromatic N) is 1. The van der Waals surface area contributed by atoms with Gasteiger partial charge in [0.25, 0.3) is 5.91 Å². The van der Waals surface area contributed by atoms with Gasteiger partial charge in [0.05, 0.1) is 16.7 Å². The minimum atomic E-state index is -0.175. The number of ether oxygens (including phenoxy) is 1. The van der Waals surface area contributed by atoms with Gasteiger partial charge in [-0.05, 0) is 38.2 Å². The molecule has 1 saturated carbocycles. The number of pyridine rings is 1. The Labute approximate surface area is 130 Å². The first-order chi connectivity index (χ1) is 10.2. The minimum absolute atomic E-state index is 0.175. The van der Waals surface area contributed by atoms with Crippen molar-refractivity contribution in [2.45, 2.75) is 44.2 Å². The van der Waals surface area contributed by atoms with E-state index in [0.29, 0.717) is 35.9 Å². The van der Waals surface area contributed by atoms with Crippen LogP contribution in [-0.2, 0) is 4.74 Å². The second-order valence-electron chi connectivity index (χ2n) is 5.37. The van der Waals surface area contributed by atoms with Gasteiger partial charge in [0.1, 0.15) is 0 Å². The minimum Gasteiger partial charge on any atom is -0.378 e. The van der Waals surface area contributed by atoms with Gasteiger partial charge >= 0.3 is 0 Å². The summed E-state index contributed by atoms with van der Waals surface area (Å²) in [4.78, 5) is 15.7. The first kappa shape index (κ1) is 16.2. The van der Waals surface area contributed by atoms with E-state index in [0.717, 1.165) is 32.1 Å². The van der Waals surface area contributed by atoms with Crippen molar-refractivity contribution < 1.29 is 9.53 Å². The SMILES string of the molecule is NC1CCC(OCCCNC(=O)c2ccncc2Cl)CC1. The molecule has 0 spiro atoms. The summed E-state index contributed by atoms with van der Waals surface area (Å²) in [6, 6.07) is 1.95. The van der Waals surface area contributed by atoms with Crippen LogP contribution in [0.25, 0.3) is 0 Å². The molecule has 5 nitrogen and oxygen atoms in total. The van der Waals surface area contributed by atoms with E-state index < -0.39 is 0 Å². The summed E-state index contributed by atoms with van der Waals surface area (Å²) in [6.45, 7) is 1.23. The highest BCUT2D eigenvalue weighted by Crippen LogP contribution is 2.19. The van der Waals surface area contributed by atoms with Crippen LogP contribution >= 0.6 is 11.6 Å². The van der Waals surface area contributed by atoms with Crippen molar-refractivity contribution in [3.05, 3.63) is 29.0 Å². The number of carbonyl (C=O) groups is 1. The van der Waals surface area contributed by atoms with Crippen LogP contribution in [0.5, 0.6) is 0 Å². The van der Waals surface area contributed by atoms with Crippen LogP contribution in [0.4, 0.5) is 0 Å². The molecule has 1 aromatic rings. The van der Waals surface area contributed by atoms with E-state index in [1.807, 2.05) is 0 Å². The molecule has 2 rings (SSSR count). The topological polar surface area (TPSA) is 77.2 Å². The largest absolute Gasteiger partial charge is 0.378 e. The van der Waals surface area contributed by atoms with Crippen LogP contribution in [0, 0.1) is 0 Å². The van der Waals surface area contributed by atoms with Crippen molar-refractivity contribution in [1.29, 1.82) is 0 Å². The molecule has 1 aliphatic rings. The summed E-state index contributed by atoms with van der Waals surface area (Å²) < 4.78 is 5.80. The Hall–Kier alpha value is -1.17. The number of hydrogen-bond acceptors (Lipinski definition) is 4. The Morgan fingerprint density at radius 1 is 1.43 bits per heavy atom. The van der Waals surface area contributed by atoms with Crippen molar-refractivity contribution in [1.82, 2.24) is 10.3 Å². The molecule has 0 bridgehead atoms. The van der Waals surface area contributed by atoms with Gasteiger partial charge in [-0.1, -0.05) is 11.6 Å². The second-order valence-corrected chi connectivity index (χ2v) is 5.78. The van der Waals surface area contributed by atoms with E-state index in [4.69, 9.17) is 22.1 Å². The Kier molecular flexibility index (Phi) is 6.42. The lowest BCUT2D eigenvalue weighted by Gasteiger charge is -2.26. The molecule has 0 atom stereocenters. The van der Waals surface area contributed by atoms with Gasteiger partial charge in [0.15, 0.2) is 0 Å². The van der Waals surface area contributed by atoms with Gasteiger partial charge in [-0.2, -0.15) is 0 Å². The standard InChI is InChI=1S/C15H22ClN3O2/c16-14-10-18-8-6-13(14)15(20)19-7-1-9-21-12-4-2-11(17)3-5-12/h6,8,10-12H,1-5,7,9,17H2,(H,19,20). The lowest BCUT2D eigenvalue weighted by Crippen LogP contribution is -2.31. The summed E-state index contributed by atoms with van der Waals surface area (Å²) in [5.74, 6) is -0.175. The van der Waals surface area contributed by atoms with Gasteiger partial charge in [-0.15, -0.1) is 0 Å². The van der Waals surface area contributed by atoms with Crippen molar-refractivity contribution in [3.8, 4) is 0 Å². The molecule has 116 valence electrons. The number of hydrogen-bond donors (Lipinski definition) is 2. The van der Waals surface area contributed by atoms with Gasteiger partial charge < -0.3 is 15.8 Å². The maximum Gasteiger partial charge on any atom is 0.252 e. The zero-order chi connectivity index (χ0) is 15.1. The smallest absolute Gasteiger partial charge is 0.252 e. The fraction of sp³-hybridized carbons (Fsp3) is 0.600. The maximum atomic E-state index is 11.9. The molecule has 0 saturated heterocycles. The first-order valence-corrected chi connectivity index (χ1v) is 7.79. The van der Waals surface area contributed by atoms with E-state index >= 15 is 0 Å². The number of rotatable bonds is 6. The summed E-state index contributed by atoms with van der Waals surface area (Å²) in [7, 11) is 0. The molecule has 0 aromatic carbocycles. The second kappa shape index (κ2) is 8.32. The molecule has 0 radical (unpaired) electrons. The van der Waals surface area contributed by atoms with E-state index in [9.17, 15) is 4.79 Å². The summed E-state index contributed by atoms with van der Waals surface area (Å²) in [5, 5.41) is 3.20. The van der Waals surface area contributed by atoms with Gasteiger partial charge in [0.2, 0.25) is 0 Å². The molecule has 1 aliphatic carbocycles. The quantitative estimate of drug-likeness (QED) is 0.789. The highest BCUT2D eigenvalue weighted by Gasteiger charge is 2.18. The lowest BCUT2D eigenvalue weighted by atomic mass is 9.94. The lowest BCUT2D eigenvalue weighted by molar-refractivity contribution is 0.0241. The molecule has 6 heteroatoms. The normalized spacial score (nSPS) is 22.0. The Morgan fingerprint density at radius 2 is 2.19 bits per heavy atom. The van der Waals surface area contributed by atoms with Crippen LogP contribution in [0.1, 0.15) is 42.5 Å². The maximum absolute atomic E-state index is 11.9. The molecule has 1 fully saturated rings. The van der Waals surface area contributed by atoms with Crippen LogP contribution in [0.2, 0.25) is 5.02 Å². The first-order valence-electron chi connectivity index (χ1n) is 7.41. The molecule has 21 heavy (non-hydrogen) atoms. The summed E-state index contributed by atoms with van der Waals surface area (Å²) in [5.41, 5.74) is 6.31. The third-order valence-electron chi connectivity index (χ3n) is 3.70. The fourth-order valence-corrected chi connectivity index (χ4v) is 2.64. The fourth-order valence-electron chi connectivity index (χ4n) is 2.43. The number of halogens is 1. The van der Waals surface area contributed by atoms with Crippen LogP contribution in [-0.4, -0.2) is 36.2 Å². The molecule has 1 aromatic heterocycles. The highest BCUT2D eigenvalue weighted by molar-refractivity contribution is 6.33. The van der Waals surface area contributed by atoms with Crippen LogP contribution < -0.4 is 11.1 Å². The zero-order valence-corrected chi connectivity index (χ0v) is 12.8. The molecule has 3 N–H and O–H groups in total. The zero-order valence-electron chi connectivity index (χ0n) is 12.1. The average Bonchev–Trinajstić information content (AvgIpc) is 2.49. The van der Waals surface area contributed by atoms with Crippen molar-refractivity contribution in [2.75, 3.05) is 13.2 Å². The van der Waals surface area contributed by atoms with E-state index in [1.54, 1.807) is 12.3 Å². The van der Waals surface area contributed by atoms with E-state index in [-0.39, 0.29) is 5.91 Å². The average molecular weight is 312 g/mol. The highest BCUT2D eigenvalue weighted by atomic mass is 35.5. The number of aromatic nitrogens is 1. The van der Waals surface area contributed by atoms with E-state index in [2.05, 4.69) is 10.3 Å². The van der Waals surface area contributed by atoms with Crippen LogP contribution in [0.15, 0.2) is 18.5 Å². The Morgan fingerprint density at radius 3 is 2.90 bits per heavy atom. The number of carbonyl (C=O) groups excluding carboxylic acids is 1. The van der Waals surface area contributed by atoms with Crippen molar-refractivity contribution in [2.24, 2.45) is 5.73 Å². The monoisotopic (exact) mass is 311 g/mol. The van der Waals surface area contributed by atoms with Gasteiger partial charge in [-0.3, -0.25) is 9.78 Å². The molecule has 1 heterocycles. The van der Waals surface area contributed by atoms with Gasteiger partial charge in [-0.25, -0.2) is 0 Å². The molecule has 0 unspecified atom stereocenters. The van der Waals surface area contributed by atoms with E-state index in [1.165, 1.54) is 6.20 Å². The van der Waals surface area contributed by atoms with Crippen molar-refractivity contribution >= 4 is 17.5 Å². The number of amides is 1. The summed E-state index contributed by atoms with van der Waals surface area (Å²) in [6.07, 6.45) is 8.31. The van der Waals surface area contributed by atoms with Gasteiger partial charge in [0, 0.05) is 31.6 Å². The third-order valence-corrected chi connectivity index (χ3v) is 4.00. The number of nitrogens with one attached hydrogen (secondary N) is 1. The predicted molar refractivity (Wildman–Crippen MR) is 82.4 cm³/mol. The molecule has 0 aliphatic heterocycles. The molecular formula is C15H22ClN3O2. The Balaban J connectivity index is 1.60. The molecule has 1 amide bonds.